The lowest BCUT2D eigenvalue weighted by Gasteiger charge is -2.49. The van der Waals surface area contributed by atoms with E-state index in [2.05, 4.69) is 60.7 Å². The summed E-state index contributed by atoms with van der Waals surface area (Å²) in [6.45, 7) is 11.9. The first-order valence-electron chi connectivity index (χ1n) is 16.0. The van der Waals surface area contributed by atoms with Crippen LogP contribution in [0.15, 0.2) is 93.7 Å². The number of benzene rings is 3. The molecule has 3 aliphatic rings. The lowest BCUT2D eigenvalue weighted by Crippen LogP contribution is -2.44. The Bertz CT molecular complexity index is 1700. The van der Waals surface area contributed by atoms with E-state index in [9.17, 15) is 9.59 Å². The fraction of sp³-hybridized carbons (Fsp3) is 0.385. The molecule has 1 heterocycles. The Kier molecular flexibility index (Phi) is 8.99. The molecule has 0 amide bonds. The Morgan fingerprint density at radius 1 is 0.826 bits per heavy atom. The highest BCUT2D eigenvalue weighted by Gasteiger charge is 2.49. The molecule has 7 heteroatoms. The minimum absolute atomic E-state index is 0.0850. The molecule has 5 nitrogen and oxygen atoms in total. The van der Waals surface area contributed by atoms with E-state index < -0.39 is 5.92 Å². The number of ether oxygens (including phenoxy) is 2. The molecule has 6 rings (SSSR count). The minimum Gasteiger partial charge on any atom is -0.490 e. The molecule has 2 aliphatic carbocycles. The number of hydrogen-bond acceptors (Lipinski definition) is 5. The van der Waals surface area contributed by atoms with Crippen molar-refractivity contribution in [3.63, 3.8) is 0 Å². The number of nitrogens with zero attached hydrogens (tertiary/aromatic N) is 1. The molecule has 0 spiro atoms. The maximum absolute atomic E-state index is 14.3. The van der Waals surface area contributed by atoms with Gasteiger partial charge in [-0.3, -0.25) is 9.59 Å². The van der Waals surface area contributed by atoms with Crippen LogP contribution in [0, 0.1) is 10.8 Å². The van der Waals surface area contributed by atoms with Gasteiger partial charge in [0.25, 0.3) is 0 Å². The molecule has 0 aromatic heterocycles. The minimum atomic E-state index is -0.529. The predicted octanol–water partition coefficient (Wildman–Crippen LogP) is 9.97. The maximum atomic E-state index is 14.3. The molecule has 240 valence electrons. The Hall–Kier alpha value is -3.35. The summed E-state index contributed by atoms with van der Waals surface area (Å²) in [7, 11) is 0. The van der Waals surface area contributed by atoms with E-state index in [0.717, 1.165) is 45.4 Å². The standard InChI is InChI=1S/C39H41BrClNO4/c1-6-45-33-17-26(16-28(41)37(33)46-23-25-14-10-11-15-27(25)40)34-35-29(18-38(2,3)20-31(35)43)42(22-24-12-8-7-9-13-24)30-19-39(4,5)21-32(44)36(30)34/h7-17,34H,6,18-23H2,1-5H3. The predicted molar refractivity (Wildman–Crippen MR) is 186 cm³/mol. The SMILES string of the molecule is CCOc1cc(C2C3=C(CC(C)(C)CC3=O)N(Cc3ccccc3)C3=C2C(=O)CC(C)(C)C3)cc(Cl)c1OCc1ccccc1Br. The van der Waals surface area contributed by atoms with Crippen molar-refractivity contribution < 1.29 is 19.1 Å². The summed E-state index contributed by atoms with van der Waals surface area (Å²) in [6, 6.07) is 22.0. The van der Waals surface area contributed by atoms with Crippen molar-refractivity contribution in [2.75, 3.05) is 6.61 Å². The van der Waals surface area contributed by atoms with Crippen LogP contribution >= 0.6 is 27.5 Å². The van der Waals surface area contributed by atoms with Gasteiger partial charge in [-0.25, -0.2) is 0 Å². The maximum Gasteiger partial charge on any atom is 0.180 e. The van der Waals surface area contributed by atoms with Crippen LogP contribution in [-0.2, 0) is 22.7 Å². The van der Waals surface area contributed by atoms with Crippen LogP contribution in [0.4, 0.5) is 0 Å². The van der Waals surface area contributed by atoms with Gasteiger partial charge in [-0.2, -0.15) is 0 Å². The summed E-state index contributed by atoms with van der Waals surface area (Å²) < 4.78 is 13.3. The number of Topliss-reactive ketones (excluding diaryl/α,β-unsaturated/α-hetero) is 2. The third kappa shape index (κ3) is 6.44. The van der Waals surface area contributed by atoms with Gasteiger partial charge in [0.05, 0.1) is 11.6 Å². The summed E-state index contributed by atoms with van der Waals surface area (Å²) in [5.41, 5.74) is 5.93. The second-order valence-corrected chi connectivity index (χ2v) is 15.5. The molecule has 46 heavy (non-hydrogen) atoms. The Labute approximate surface area is 285 Å². The first kappa shape index (κ1) is 32.6. The molecule has 1 aliphatic heterocycles. The zero-order chi connectivity index (χ0) is 32.8. The number of hydrogen-bond donors (Lipinski definition) is 0. The van der Waals surface area contributed by atoms with Gasteiger partial charge < -0.3 is 14.4 Å². The molecule has 0 unspecified atom stereocenters. The van der Waals surface area contributed by atoms with Crippen LogP contribution < -0.4 is 9.47 Å². The lowest BCUT2D eigenvalue weighted by molar-refractivity contribution is -0.119. The molecule has 0 radical (unpaired) electrons. The fourth-order valence-electron chi connectivity index (χ4n) is 7.26. The third-order valence-corrected chi connectivity index (χ3v) is 10.3. The molecule has 0 saturated heterocycles. The first-order chi connectivity index (χ1) is 21.9. The van der Waals surface area contributed by atoms with Crippen LogP contribution in [0.3, 0.4) is 0 Å². The van der Waals surface area contributed by atoms with E-state index in [4.69, 9.17) is 21.1 Å². The summed E-state index contributed by atoms with van der Waals surface area (Å²) in [5, 5.41) is 0.385. The Morgan fingerprint density at radius 3 is 2.00 bits per heavy atom. The normalized spacial score (nSPS) is 19.2. The molecular formula is C39H41BrClNO4. The topological polar surface area (TPSA) is 55.8 Å². The van der Waals surface area contributed by atoms with Crippen LogP contribution in [0.2, 0.25) is 5.02 Å². The van der Waals surface area contributed by atoms with E-state index in [1.165, 1.54) is 0 Å². The molecule has 3 aromatic carbocycles. The van der Waals surface area contributed by atoms with Gasteiger partial charge in [-0.1, -0.05) is 104 Å². The van der Waals surface area contributed by atoms with Gasteiger partial charge in [-0.15, -0.1) is 0 Å². The third-order valence-electron chi connectivity index (χ3n) is 9.20. The van der Waals surface area contributed by atoms with Crippen LogP contribution in [0.1, 0.15) is 82.9 Å². The van der Waals surface area contributed by atoms with Crippen LogP contribution in [-0.4, -0.2) is 23.1 Å². The second-order valence-electron chi connectivity index (χ2n) is 14.3. The largest absolute Gasteiger partial charge is 0.490 e. The van der Waals surface area contributed by atoms with E-state index in [1.54, 1.807) is 0 Å². The first-order valence-corrected chi connectivity index (χ1v) is 17.2. The van der Waals surface area contributed by atoms with Crippen LogP contribution in [0.5, 0.6) is 11.5 Å². The van der Waals surface area contributed by atoms with Crippen LogP contribution in [0.25, 0.3) is 0 Å². The molecule has 0 fully saturated rings. The van der Waals surface area contributed by atoms with Gasteiger partial charge in [0, 0.05) is 57.9 Å². The van der Waals surface area contributed by atoms with Crippen molar-refractivity contribution in [3.8, 4) is 11.5 Å². The van der Waals surface area contributed by atoms with E-state index >= 15 is 0 Å². The number of halogens is 2. The number of ketones is 2. The van der Waals surface area contributed by atoms with Gasteiger partial charge in [0.1, 0.15) is 6.61 Å². The van der Waals surface area contributed by atoms with E-state index in [1.807, 2.05) is 61.5 Å². The molecule has 0 bridgehead atoms. The number of rotatable bonds is 8. The Morgan fingerprint density at radius 2 is 1.41 bits per heavy atom. The molecule has 0 N–H and O–H groups in total. The number of carbonyl (C=O) groups excluding carboxylic acids is 2. The monoisotopic (exact) mass is 701 g/mol. The van der Waals surface area contributed by atoms with E-state index in [0.29, 0.717) is 60.3 Å². The quantitative estimate of drug-likeness (QED) is 0.234. The van der Waals surface area contributed by atoms with Gasteiger partial charge in [0.2, 0.25) is 0 Å². The van der Waals surface area contributed by atoms with Gasteiger partial charge in [-0.05, 0) is 59.9 Å². The summed E-state index contributed by atoms with van der Waals surface area (Å²) >= 11 is 10.6. The van der Waals surface area contributed by atoms with Crippen molar-refractivity contribution in [3.05, 3.63) is 115 Å². The molecule has 0 atom stereocenters. The molecule has 0 saturated carbocycles. The average molecular weight is 703 g/mol. The Balaban J connectivity index is 1.52. The van der Waals surface area contributed by atoms with Gasteiger partial charge >= 0.3 is 0 Å². The fourth-order valence-corrected chi connectivity index (χ4v) is 7.93. The molecular weight excluding hydrogens is 662 g/mol. The lowest BCUT2D eigenvalue weighted by atomic mass is 9.63. The second kappa shape index (κ2) is 12.7. The van der Waals surface area contributed by atoms with Crippen molar-refractivity contribution in [1.29, 1.82) is 0 Å². The number of allylic oxidation sites excluding steroid dienone is 4. The zero-order valence-electron chi connectivity index (χ0n) is 27.2. The van der Waals surface area contributed by atoms with E-state index in [-0.39, 0.29) is 22.4 Å². The van der Waals surface area contributed by atoms with Crippen molar-refractivity contribution >= 4 is 39.1 Å². The summed E-state index contributed by atoms with van der Waals surface area (Å²) in [4.78, 5) is 30.9. The van der Waals surface area contributed by atoms with Crippen molar-refractivity contribution in [1.82, 2.24) is 4.90 Å². The average Bonchev–Trinajstić information content (AvgIpc) is 2.97. The zero-order valence-corrected chi connectivity index (χ0v) is 29.6. The summed E-state index contributed by atoms with van der Waals surface area (Å²) in [6.07, 6.45) is 2.32. The smallest absolute Gasteiger partial charge is 0.180 e. The van der Waals surface area contributed by atoms with Crippen molar-refractivity contribution in [2.45, 2.75) is 79.4 Å². The highest BCUT2D eigenvalue weighted by atomic mass is 79.9. The van der Waals surface area contributed by atoms with Gasteiger partial charge in [0.15, 0.2) is 23.1 Å². The highest BCUT2D eigenvalue weighted by Crippen LogP contribution is 2.56. The summed E-state index contributed by atoms with van der Waals surface area (Å²) in [5.74, 6) is 0.585. The van der Waals surface area contributed by atoms with Crippen molar-refractivity contribution in [2.24, 2.45) is 10.8 Å². The molecule has 3 aromatic rings. The number of carbonyl (C=O) groups is 2. The highest BCUT2D eigenvalue weighted by molar-refractivity contribution is 9.10.